The normalized spacial score (nSPS) is 16.2. The van der Waals surface area contributed by atoms with E-state index in [0.717, 1.165) is 18.4 Å². The van der Waals surface area contributed by atoms with Crippen molar-refractivity contribution in [2.75, 3.05) is 18.4 Å². The van der Waals surface area contributed by atoms with Crippen LogP contribution in [0.1, 0.15) is 28.8 Å². The molecule has 1 aromatic heterocycles. The molecule has 1 saturated heterocycles. The Morgan fingerprint density at radius 3 is 2.80 bits per heavy atom. The molecule has 2 aromatic carbocycles. The molecular formula is C24H24N2O4. The number of rotatable bonds is 5. The van der Waals surface area contributed by atoms with Crippen molar-refractivity contribution < 1.29 is 18.7 Å². The number of hydrogen-bond acceptors (Lipinski definition) is 4. The van der Waals surface area contributed by atoms with Gasteiger partial charge < -0.3 is 19.4 Å². The molecule has 2 heterocycles. The third kappa shape index (κ3) is 4.54. The van der Waals surface area contributed by atoms with Gasteiger partial charge in [0.2, 0.25) is 5.91 Å². The summed E-state index contributed by atoms with van der Waals surface area (Å²) < 4.78 is 11.0. The number of nitrogens with zero attached hydrogens (tertiary/aromatic N) is 1. The molecule has 1 aliphatic rings. The van der Waals surface area contributed by atoms with Crippen LogP contribution < -0.4 is 10.1 Å². The van der Waals surface area contributed by atoms with Crippen molar-refractivity contribution in [3.8, 4) is 11.5 Å². The van der Waals surface area contributed by atoms with Gasteiger partial charge in [-0.1, -0.05) is 24.3 Å². The molecule has 4 rings (SSSR count). The van der Waals surface area contributed by atoms with Crippen LogP contribution in [0.4, 0.5) is 5.69 Å². The van der Waals surface area contributed by atoms with Crippen molar-refractivity contribution in [3.05, 3.63) is 78.3 Å². The number of carbonyl (C=O) groups excluding carboxylic acids is 2. The van der Waals surface area contributed by atoms with Crippen LogP contribution in [0, 0.1) is 12.8 Å². The second kappa shape index (κ2) is 8.86. The fourth-order valence-corrected chi connectivity index (χ4v) is 3.64. The molecule has 1 fully saturated rings. The van der Waals surface area contributed by atoms with Crippen molar-refractivity contribution in [1.82, 2.24) is 4.90 Å². The Bertz CT molecular complexity index is 1030. The van der Waals surface area contributed by atoms with Crippen molar-refractivity contribution in [2.45, 2.75) is 19.8 Å². The van der Waals surface area contributed by atoms with Crippen molar-refractivity contribution >= 4 is 17.5 Å². The molecule has 1 aliphatic heterocycles. The highest BCUT2D eigenvalue weighted by Crippen LogP contribution is 2.30. The number of piperidine rings is 1. The molecule has 6 heteroatoms. The molecule has 154 valence electrons. The van der Waals surface area contributed by atoms with Crippen LogP contribution in [0.25, 0.3) is 0 Å². The lowest BCUT2D eigenvalue weighted by Gasteiger charge is -2.31. The third-order valence-corrected chi connectivity index (χ3v) is 5.21. The summed E-state index contributed by atoms with van der Waals surface area (Å²) in [5, 5.41) is 2.99. The van der Waals surface area contributed by atoms with Crippen LogP contribution in [0.15, 0.2) is 71.5 Å². The monoisotopic (exact) mass is 404 g/mol. The summed E-state index contributed by atoms with van der Waals surface area (Å²) in [6.07, 6.45) is 4.43. The zero-order chi connectivity index (χ0) is 20.9. The Labute approximate surface area is 175 Å². The minimum atomic E-state index is -0.276. The van der Waals surface area contributed by atoms with E-state index >= 15 is 0 Å². The van der Waals surface area contributed by atoms with E-state index in [4.69, 9.17) is 9.15 Å². The van der Waals surface area contributed by atoms with E-state index in [-0.39, 0.29) is 17.7 Å². The van der Waals surface area contributed by atoms with Gasteiger partial charge in [0, 0.05) is 13.1 Å². The second-order valence-electron chi connectivity index (χ2n) is 7.51. The summed E-state index contributed by atoms with van der Waals surface area (Å²) in [6.45, 7) is 3.03. The highest BCUT2D eigenvalue weighted by Gasteiger charge is 2.29. The predicted octanol–water partition coefficient (Wildman–Crippen LogP) is 4.87. The molecule has 0 bridgehead atoms. The fourth-order valence-electron chi connectivity index (χ4n) is 3.64. The number of nitrogens with one attached hydrogen (secondary N) is 1. The van der Waals surface area contributed by atoms with Crippen LogP contribution in [0.5, 0.6) is 11.5 Å². The highest BCUT2D eigenvalue weighted by molar-refractivity contribution is 5.96. The van der Waals surface area contributed by atoms with Gasteiger partial charge in [0.25, 0.3) is 5.91 Å². The average molecular weight is 404 g/mol. The maximum atomic E-state index is 13.0. The highest BCUT2D eigenvalue weighted by atomic mass is 16.5. The van der Waals surface area contributed by atoms with Gasteiger partial charge in [-0.2, -0.15) is 0 Å². The first-order chi connectivity index (χ1) is 14.6. The average Bonchev–Trinajstić information content (AvgIpc) is 3.30. The number of likely N-dealkylation sites (tertiary alicyclic amines) is 1. The largest absolute Gasteiger partial charge is 0.472 e. The molecule has 0 aliphatic carbocycles. The molecular weight excluding hydrogens is 380 g/mol. The van der Waals surface area contributed by atoms with Gasteiger partial charge in [-0.15, -0.1) is 0 Å². The number of amides is 2. The first-order valence-electron chi connectivity index (χ1n) is 10.1. The Balaban J connectivity index is 1.44. The van der Waals surface area contributed by atoms with Crippen LogP contribution in [-0.4, -0.2) is 29.8 Å². The van der Waals surface area contributed by atoms with Crippen LogP contribution in [-0.2, 0) is 4.79 Å². The SMILES string of the molecule is Cc1cccc(Oc2ccccc2NC(=O)[C@@H]2CCCN(C(=O)c3ccoc3)C2)c1. The smallest absolute Gasteiger partial charge is 0.257 e. The van der Waals surface area contributed by atoms with E-state index < -0.39 is 0 Å². The van der Waals surface area contributed by atoms with E-state index in [1.54, 1.807) is 11.0 Å². The van der Waals surface area contributed by atoms with Gasteiger partial charge in [-0.25, -0.2) is 0 Å². The molecule has 6 nitrogen and oxygen atoms in total. The third-order valence-electron chi connectivity index (χ3n) is 5.21. The molecule has 1 N–H and O–H groups in total. The van der Waals surface area contributed by atoms with Crippen LogP contribution in [0.2, 0.25) is 0 Å². The molecule has 0 spiro atoms. The van der Waals surface area contributed by atoms with Crippen LogP contribution >= 0.6 is 0 Å². The zero-order valence-corrected chi connectivity index (χ0v) is 16.8. The Morgan fingerprint density at radius 2 is 2.00 bits per heavy atom. The molecule has 30 heavy (non-hydrogen) atoms. The summed E-state index contributed by atoms with van der Waals surface area (Å²) in [5.41, 5.74) is 2.22. The van der Waals surface area contributed by atoms with Gasteiger partial charge in [-0.3, -0.25) is 9.59 Å². The number of anilines is 1. The summed E-state index contributed by atoms with van der Waals surface area (Å²) in [4.78, 5) is 27.3. The molecule has 3 aromatic rings. The number of aryl methyl sites for hydroxylation is 1. The Hall–Kier alpha value is -3.54. The fraction of sp³-hybridized carbons (Fsp3) is 0.250. The van der Waals surface area contributed by atoms with E-state index in [9.17, 15) is 9.59 Å². The van der Waals surface area contributed by atoms with Gasteiger partial charge in [0.05, 0.1) is 23.4 Å². The minimum Gasteiger partial charge on any atom is -0.472 e. The Kier molecular flexibility index (Phi) is 5.84. The second-order valence-corrected chi connectivity index (χ2v) is 7.51. The van der Waals surface area contributed by atoms with Gasteiger partial charge in [0.1, 0.15) is 12.0 Å². The number of furan rings is 1. The van der Waals surface area contributed by atoms with E-state index in [2.05, 4.69) is 5.32 Å². The summed E-state index contributed by atoms with van der Waals surface area (Å²) in [6, 6.07) is 16.8. The maximum absolute atomic E-state index is 13.0. The van der Waals surface area contributed by atoms with E-state index in [0.29, 0.717) is 35.8 Å². The molecule has 0 radical (unpaired) electrons. The maximum Gasteiger partial charge on any atom is 0.257 e. The summed E-state index contributed by atoms with van der Waals surface area (Å²) >= 11 is 0. The number of para-hydroxylation sites is 2. The first kappa shape index (κ1) is 19.8. The lowest BCUT2D eigenvalue weighted by atomic mass is 9.96. The number of ether oxygens (including phenoxy) is 1. The van der Waals surface area contributed by atoms with Crippen molar-refractivity contribution in [3.63, 3.8) is 0 Å². The van der Waals surface area contributed by atoms with Crippen LogP contribution in [0.3, 0.4) is 0 Å². The number of carbonyl (C=O) groups is 2. The molecule has 2 amide bonds. The Morgan fingerprint density at radius 1 is 1.13 bits per heavy atom. The minimum absolute atomic E-state index is 0.107. The molecule has 0 saturated carbocycles. The topological polar surface area (TPSA) is 71.8 Å². The predicted molar refractivity (Wildman–Crippen MR) is 114 cm³/mol. The zero-order valence-electron chi connectivity index (χ0n) is 16.8. The number of hydrogen-bond donors (Lipinski definition) is 1. The summed E-state index contributed by atoms with van der Waals surface area (Å²) in [5.74, 6) is 0.802. The first-order valence-corrected chi connectivity index (χ1v) is 10.1. The standard InChI is InChI=1S/C24H24N2O4/c1-17-6-4-8-20(14-17)30-22-10-3-2-9-21(22)25-23(27)18-7-5-12-26(15-18)24(28)19-11-13-29-16-19/h2-4,6,8-11,13-14,16,18H,5,7,12,15H2,1H3,(H,25,27)/t18-/m1/s1. The quantitative estimate of drug-likeness (QED) is 0.658. The van der Waals surface area contributed by atoms with Crippen molar-refractivity contribution in [2.24, 2.45) is 5.92 Å². The van der Waals surface area contributed by atoms with E-state index in [1.807, 2.05) is 55.5 Å². The molecule has 1 atom stereocenters. The number of benzene rings is 2. The van der Waals surface area contributed by atoms with Gasteiger partial charge in [0.15, 0.2) is 5.75 Å². The lowest BCUT2D eigenvalue weighted by molar-refractivity contribution is -0.121. The molecule has 0 unspecified atom stereocenters. The van der Waals surface area contributed by atoms with Gasteiger partial charge in [-0.05, 0) is 55.7 Å². The van der Waals surface area contributed by atoms with E-state index in [1.165, 1.54) is 12.5 Å². The van der Waals surface area contributed by atoms with Gasteiger partial charge >= 0.3 is 0 Å². The summed E-state index contributed by atoms with van der Waals surface area (Å²) in [7, 11) is 0. The van der Waals surface area contributed by atoms with Crippen molar-refractivity contribution in [1.29, 1.82) is 0 Å². The lowest BCUT2D eigenvalue weighted by Crippen LogP contribution is -2.43.